The van der Waals surface area contributed by atoms with Gasteiger partial charge < -0.3 is 14.9 Å². The largest absolute Gasteiger partial charge is 0.507 e. The van der Waals surface area contributed by atoms with Crippen LogP contribution in [0.4, 0.5) is 4.39 Å². The van der Waals surface area contributed by atoms with Gasteiger partial charge >= 0.3 is 0 Å². The molecule has 1 aliphatic heterocycles. The molecule has 2 heterocycles. The molecule has 0 radical (unpaired) electrons. The Balaban J connectivity index is 2.06. The zero-order valence-corrected chi connectivity index (χ0v) is 15.8. The minimum absolute atomic E-state index is 0.00709. The highest BCUT2D eigenvalue weighted by Crippen LogP contribution is 2.39. The molecular formula is C21H22FN3O3. The van der Waals surface area contributed by atoms with Crippen LogP contribution < -0.4 is 0 Å². The zero-order valence-electron chi connectivity index (χ0n) is 15.8. The summed E-state index contributed by atoms with van der Waals surface area (Å²) < 4.78 is 13.2. The van der Waals surface area contributed by atoms with Gasteiger partial charge in [-0.15, -0.1) is 0 Å². The van der Waals surface area contributed by atoms with Crippen molar-refractivity contribution in [1.82, 2.24) is 14.8 Å². The summed E-state index contributed by atoms with van der Waals surface area (Å²) in [6.45, 7) is 1.12. The first-order valence-electron chi connectivity index (χ1n) is 8.99. The number of aliphatic hydroxyl groups excluding tert-OH is 1. The Labute approximate surface area is 162 Å². The van der Waals surface area contributed by atoms with Crippen LogP contribution in [0.15, 0.2) is 54.4 Å². The van der Waals surface area contributed by atoms with Crippen molar-refractivity contribution in [2.24, 2.45) is 0 Å². The molecule has 0 saturated carbocycles. The number of ketones is 1. The highest BCUT2D eigenvalue weighted by Gasteiger charge is 2.45. The predicted molar refractivity (Wildman–Crippen MR) is 103 cm³/mol. The molecule has 1 N–H and O–H groups in total. The van der Waals surface area contributed by atoms with Gasteiger partial charge in [0.2, 0.25) is 0 Å². The summed E-state index contributed by atoms with van der Waals surface area (Å²) in [7, 11) is 3.87. The van der Waals surface area contributed by atoms with Gasteiger partial charge in [0.25, 0.3) is 11.7 Å². The molecule has 0 aliphatic carbocycles. The molecule has 6 nitrogen and oxygen atoms in total. The van der Waals surface area contributed by atoms with Gasteiger partial charge in [0, 0.05) is 24.5 Å². The molecule has 1 fully saturated rings. The van der Waals surface area contributed by atoms with Crippen LogP contribution in [0.1, 0.15) is 23.6 Å². The number of carbonyl (C=O) groups excluding carboxylic acids is 2. The summed E-state index contributed by atoms with van der Waals surface area (Å²) in [4.78, 5) is 32.9. The number of hydrogen-bond donors (Lipinski definition) is 1. The molecule has 0 spiro atoms. The van der Waals surface area contributed by atoms with Crippen LogP contribution in [0.2, 0.25) is 0 Å². The predicted octanol–water partition coefficient (Wildman–Crippen LogP) is 2.59. The topological polar surface area (TPSA) is 73.7 Å². The Morgan fingerprint density at radius 2 is 1.79 bits per heavy atom. The number of rotatable bonds is 6. The van der Waals surface area contributed by atoms with Gasteiger partial charge in [-0.1, -0.05) is 0 Å². The minimum Gasteiger partial charge on any atom is -0.507 e. The third-order valence-corrected chi connectivity index (χ3v) is 4.68. The van der Waals surface area contributed by atoms with E-state index < -0.39 is 23.5 Å². The number of amides is 1. The van der Waals surface area contributed by atoms with Crippen LogP contribution in [-0.4, -0.2) is 58.8 Å². The fourth-order valence-corrected chi connectivity index (χ4v) is 3.32. The Kier molecular flexibility index (Phi) is 5.84. The van der Waals surface area contributed by atoms with E-state index in [0.29, 0.717) is 18.5 Å². The Bertz CT molecular complexity index is 895. The zero-order chi connectivity index (χ0) is 20.3. The summed E-state index contributed by atoms with van der Waals surface area (Å²) in [5.74, 6) is -2.15. The first-order valence-corrected chi connectivity index (χ1v) is 8.99. The normalized spacial score (nSPS) is 18.9. The first kappa shape index (κ1) is 19.7. The lowest BCUT2D eigenvalue weighted by Crippen LogP contribution is -2.32. The van der Waals surface area contributed by atoms with E-state index in [4.69, 9.17) is 0 Å². The fraction of sp³-hybridized carbons (Fsp3) is 0.286. The van der Waals surface area contributed by atoms with E-state index in [0.717, 1.165) is 6.54 Å². The van der Waals surface area contributed by atoms with Crippen molar-refractivity contribution in [2.45, 2.75) is 12.5 Å². The SMILES string of the molecule is CN(C)CCCN1C(=O)C(=O)/C(=C(/O)c2ccc(F)cc2)[C@H]1c1ccncc1. The second-order valence-electron chi connectivity index (χ2n) is 6.94. The number of likely N-dealkylation sites (tertiary alicyclic amines) is 1. The van der Waals surface area contributed by atoms with E-state index in [1.54, 1.807) is 24.5 Å². The first-order chi connectivity index (χ1) is 13.4. The number of halogens is 1. The quantitative estimate of drug-likeness (QED) is 0.472. The summed E-state index contributed by atoms with van der Waals surface area (Å²) in [6.07, 6.45) is 3.83. The van der Waals surface area contributed by atoms with Crippen LogP contribution in [0, 0.1) is 5.82 Å². The molecule has 2 aromatic rings. The summed E-state index contributed by atoms with van der Waals surface area (Å²) in [6, 6.07) is 7.88. The van der Waals surface area contributed by atoms with Crippen molar-refractivity contribution >= 4 is 17.4 Å². The van der Waals surface area contributed by atoms with Gasteiger partial charge in [-0.25, -0.2) is 4.39 Å². The van der Waals surface area contributed by atoms with Crippen LogP contribution in [0.5, 0.6) is 0 Å². The molecule has 1 aromatic heterocycles. The molecule has 0 bridgehead atoms. The maximum Gasteiger partial charge on any atom is 0.295 e. The second-order valence-corrected chi connectivity index (χ2v) is 6.94. The van der Waals surface area contributed by atoms with E-state index in [-0.39, 0.29) is 16.9 Å². The molecular weight excluding hydrogens is 361 g/mol. The molecule has 0 unspecified atom stereocenters. The fourth-order valence-electron chi connectivity index (χ4n) is 3.32. The lowest BCUT2D eigenvalue weighted by molar-refractivity contribution is -0.139. The molecule has 1 aliphatic rings. The number of benzene rings is 1. The molecule has 3 rings (SSSR count). The number of hydrogen-bond acceptors (Lipinski definition) is 5. The third-order valence-electron chi connectivity index (χ3n) is 4.68. The van der Waals surface area contributed by atoms with E-state index in [2.05, 4.69) is 4.98 Å². The molecule has 1 atom stereocenters. The van der Waals surface area contributed by atoms with Crippen molar-refractivity contribution < 1.29 is 19.1 Å². The lowest BCUT2D eigenvalue weighted by atomic mass is 9.96. The maximum atomic E-state index is 13.2. The standard InChI is InChI=1S/C21H22FN3O3/c1-24(2)12-3-13-25-18(14-8-10-23-11-9-14)17(20(27)21(25)28)19(26)15-4-6-16(22)7-5-15/h4-11,18,26H,3,12-13H2,1-2H3/b19-17+/t18-/m1/s1. The highest BCUT2D eigenvalue weighted by atomic mass is 19.1. The number of carbonyl (C=O) groups is 2. The number of pyridine rings is 1. The monoisotopic (exact) mass is 383 g/mol. The number of aliphatic hydroxyl groups is 1. The Morgan fingerprint density at radius 1 is 1.14 bits per heavy atom. The Morgan fingerprint density at radius 3 is 2.39 bits per heavy atom. The van der Waals surface area contributed by atoms with Gasteiger partial charge in [0.15, 0.2) is 0 Å². The maximum absolute atomic E-state index is 13.2. The summed E-state index contributed by atoms with van der Waals surface area (Å²) in [5.41, 5.74) is 0.974. The molecule has 7 heteroatoms. The lowest BCUT2D eigenvalue weighted by Gasteiger charge is -2.25. The van der Waals surface area contributed by atoms with E-state index in [1.165, 1.54) is 29.2 Å². The smallest absolute Gasteiger partial charge is 0.295 e. The average molecular weight is 383 g/mol. The number of Topliss-reactive ketones (excluding diaryl/α,β-unsaturated/α-hetero) is 1. The van der Waals surface area contributed by atoms with E-state index in [9.17, 15) is 19.1 Å². The van der Waals surface area contributed by atoms with Gasteiger partial charge in [-0.05, 0) is 69.0 Å². The van der Waals surface area contributed by atoms with Crippen LogP contribution in [0.3, 0.4) is 0 Å². The molecule has 28 heavy (non-hydrogen) atoms. The van der Waals surface area contributed by atoms with Crippen molar-refractivity contribution in [3.63, 3.8) is 0 Å². The van der Waals surface area contributed by atoms with Crippen LogP contribution in [-0.2, 0) is 9.59 Å². The van der Waals surface area contributed by atoms with Crippen molar-refractivity contribution in [2.75, 3.05) is 27.2 Å². The summed E-state index contributed by atoms with van der Waals surface area (Å²) in [5, 5.41) is 10.8. The molecule has 146 valence electrons. The molecule has 1 amide bonds. The molecule has 1 saturated heterocycles. The molecule has 1 aromatic carbocycles. The van der Waals surface area contributed by atoms with Gasteiger partial charge in [-0.3, -0.25) is 14.6 Å². The number of nitrogens with zero attached hydrogens (tertiary/aromatic N) is 3. The van der Waals surface area contributed by atoms with Gasteiger partial charge in [0.05, 0.1) is 11.6 Å². The van der Waals surface area contributed by atoms with Gasteiger partial charge in [-0.2, -0.15) is 0 Å². The van der Waals surface area contributed by atoms with Crippen molar-refractivity contribution in [1.29, 1.82) is 0 Å². The van der Waals surface area contributed by atoms with E-state index in [1.807, 2.05) is 19.0 Å². The summed E-state index contributed by atoms with van der Waals surface area (Å²) >= 11 is 0. The Hall–Kier alpha value is -3.06. The van der Waals surface area contributed by atoms with Crippen molar-refractivity contribution in [3.05, 3.63) is 71.3 Å². The van der Waals surface area contributed by atoms with Crippen LogP contribution in [0.25, 0.3) is 5.76 Å². The van der Waals surface area contributed by atoms with Gasteiger partial charge in [0.1, 0.15) is 11.6 Å². The number of aromatic nitrogens is 1. The third kappa shape index (κ3) is 3.94. The van der Waals surface area contributed by atoms with Crippen LogP contribution >= 0.6 is 0 Å². The highest BCUT2D eigenvalue weighted by molar-refractivity contribution is 6.46. The second kappa shape index (κ2) is 8.31. The van der Waals surface area contributed by atoms with Crippen molar-refractivity contribution in [3.8, 4) is 0 Å². The van der Waals surface area contributed by atoms with E-state index >= 15 is 0 Å². The average Bonchev–Trinajstić information content (AvgIpc) is 2.93. The minimum atomic E-state index is -0.742.